The monoisotopic (exact) mass is 347 g/mol. The number of ketones is 1. The van der Waals surface area contributed by atoms with Crippen molar-refractivity contribution in [2.75, 3.05) is 26.7 Å². The summed E-state index contributed by atoms with van der Waals surface area (Å²) in [6.45, 7) is 6.07. The van der Waals surface area contributed by atoms with Crippen molar-refractivity contribution < 1.29 is 19.1 Å². The fourth-order valence-electron chi connectivity index (χ4n) is 3.35. The van der Waals surface area contributed by atoms with Crippen molar-refractivity contribution in [2.45, 2.75) is 51.4 Å². The second-order valence-corrected chi connectivity index (χ2v) is 6.74. The predicted octanol–water partition coefficient (Wildman–Crippen LogP) is 3.94. The number of piperidine rings is 1. The molecule has 1 aliphatic rings. The predicted molar refractivity (Wildman–Crippen MR) is 97.0 cm³/mol. The SMILES string of the molecule is CCCCOC(=O)Oc1cccc(C2(C(=O)CC)CCN(C)CC2)c1. The third-order valence-corrected chi connectivity index (χ3v) is 5.00. The Balaban J connectivity index is 2.17. The third kappa shape index (κ3) is 4.82. The topological polar surface area (TPSA) is 55.8 Å². The standard InChI is InChI=1S/C20H29NO4/c1-4-6-14-24-19(23)25-17-9-7-8-16(15-17)20(18(22)5-2)10-12-21(3)13-11-20/h7-9,15H,4-6,10-14H2,1-3H3. The van der Waals surface area contributed by atoms with Gasteiger partial charge < -0.3 is 14.4 Å². The van der Waals surface area contributed by atoms with E-state index in [0.717, 1.165) is 44.3 Å². The molecule has 5 heteroatoms. The van der Waals surface area contributed by atoms with E-state index in [1.807, 2.05) is 32.0 Å². The molecule has 0 atom stereocenters. The summed E-state index contributed by atoms with van der Waals surface area (Å²) in [7, 11) is 2.08. The Morgan fingerprint density at radius 1 is 1.20 bits per heavy atom. The quantitative estimate of drug-likeness (QED) is 0.425. The Hall–Kier alpha value is -1.88. The second kappa shape index (κ2) is 8.99. The van der Waals surface area contributed by atoms with Gasteiger partial charge >= 0.3 is 6.16 Å². The van der Waals surface area contributed by atoms with Gasteiger partial charge in [0.25, 0.3) is 0 Å². The van der Waals surface area contributed by atoms with Crippen molar-refractivity contribution in [3.05, 3.63) is 29.8 Å². The van der Waals surface area contributed by atoms with Gasteiger partial charge in [0.1, 0.15) is 11.5 Å². The van der Waals surface area contributed by atoms with Crippen LogP contribution in [0.5, 0.6) is 5.75 Å². The molecule has 1 heterocycles. The van der Waals surface area contributed by atoms with E-state index in [-0.39, 0.29) is 5.78 Å². The number of rotatable bonds is 7. The van der Waals surface area contributed by atoms with Gasteiger partial charge in [0.2, 0.25) is 0 Å². The van der Waals surface area contributed by atoms with E-state index in [2.05, 4.69) is 11.9 Å². The molecule has 0 unspecified atom stereocenters. The molecule has 1 fully saturated rings. The Labute approximate surface area is 150 Å². The van der Waals surface area contributed by atoms with Crippen LogP contribution in [0.1, 0.15) is 51.5 Å². The molecule has 5 nitrogen and oxygen atoms in total. The van der Waals surface area contributed by atoms with E-state index in [9.17, 15) is 9.59 Å². The van der Waals surface area contributed by atoms with Gasteiger partial charge in [0.05, 0.1) is 12.0 Å². The van der Waals surface area contributed by atoms with Crippen LogP contribution in [0.3, 0.4) is 0 Å². The molecule has 0 aliphatic carbocycles. The lowest BCUT2D eigenvalue weighted by molar-refractivity contribution is -0.126. The van der Waals surface area contributed by atoms with Crippen molar-refractivity contribution in [1.82, 2.24) is 4.90 Å². The van der Waals surface area contributed by atoms with Gasteiger partial charge in [-0.1, -0.05) is 32.4 Å². The molecular formula is C20H29NO4. The second-order valence-electron chi connectivity index (χ2n) is 6.74. The van der Waals surface area contributed by atoms with Crippen molar-refractivity contribution in [2.24, 2.45) is 0 Å². The highest BCUT2D eigenvalue weighted by atomic mass is 16.7. The van der Waals surface area contributed by atoms with Gasteiger partial charge in [-0.15, -0.1) is 0 Å². The van der Waals surface area contributed by atoms with Crippen LogP contribution in [-0.2, 0) is 14.9 Å². The van der Waals surface area contributed by atoms with Crippen LogP contribution < -0.4 is 4.74 Å². The molecule has 0 N–H and O–H groups in total. The van der Waals surface area contributed by atoms with Crippen molar-refractivity contribution >= 4 is 11.9 Å². The molecule has 1 aliphatic heterocycles. The van der Waals surface area contributed by atoms with E-state index in [0.29, 0.717) is 18.8 Å². The number of Topliss-reactive ketones (excluding diaryl/α,β-unsaturated/α-hetero) is 1. The maximum atomic E-state index is 12.8. The van der Waals surface area contributed by atoms with Crippen molar-refractivity contribution in [3.8, 4) is 5.75 Å². The Morgan fingerprint density at radius 2 is 1.92 bits per heavy atom. The average molecular weight is 347 g/mol. The molecule has 2 rings (SSSR count). The van der Waals surface area contributed by atoms with Crippen LogP contribution in [0.25, 0.3) is 0 Å². The normalized spacial score (nSPS) is 17.1. The molecule has 0 aromatic heterocycles. The van der Waals surface area contributed by atoms with Gasteiger partial charge in [0, 0.05) is 6.42 Å². The first-order valence-corrected chi connectivity index (χ1v) is 9.19. The summed E-state index contributed by atoms with van der Waals surface area (Å²) in [6.07, 6.45) is 3.18. The minimum atomic E-state index is -0.690. The number of carbonyl (C=O) groups is 2. The first-order chi connectivity index (χ1) is 12.0. The summed E-state index contributed by atoms with van der Waals surface area (Å²) < 4.78 is 10.3. The lowest BCUT2D eigenvalue weighted by Crippen LogP contribution is -2.46. The highest BCUT2D eigenvalue weighted by Gasteiger charge is 2.41. The maximum absolute atomic E-state index is 12.8. The van der Waals surface area contributed by atoms with Crippen LogP contribution in [0, 0.1) is 0 Å². The fraction of sp³-hybridized carbons (Fsp3) is 0.600. The number of hydrogen-bond donors (Lipinski definition) is 0. The Bertz CT molecular complexity index is 591. The minimum Gasteiger partial charge on any atom is -0.434 e. The molecule has 0 radical (unpaired) electrons. The summed E-state index contributed by atoms with van der Waals surface area (Å²) >= 11 is 0. The molecule has 1 saturated heterocycles. The van der Waals surface area contributed by atoms with Crippen LogP contribution >= 0.6 is 0 Å². The zero-order valence-corrected chi connectivity index (χ0v) is 15.5. The number of carbonyl (C=O) groups excluding carboxylic acids is 2. The largest absolute Gasteiger partial charge is 0.513 e. The van der Waals surface area contributed by atoms with Gasteiger partial charge in [0.15, 0.2) is 0 Å². The van der Waals surface area contributed by atoms with Gasteiger partial charge in [-0.2, -0.15) is 0 Å². The van der Waals surface area contributed by atoms with E-state index >= 15 is 0 Å². The fourth-order valence-corrected chi connectivity index (χ4v) is 3.35. The first-order valence-electron chi connectivity index (χ1n) is 9.19. The zero-order valence-electron chi connectivity index (χ0n) is 15.5. The number of hydrogen-bond acceptors (Lipinski definition) is 5. The number of likely N-dealkylation sites (tertiary alicyclic amines) is 1. The number of unbranched alkanes of at least 4 members (excludes halogenated alkanes) is 1. The molecule has 1 aromatic rings. The molecule has 138 valence electrons. The van der Waals surface area contributed by atoms with E-state index in [4.69, 9.17) is 9.47 Å². The van der Waals surface area contributed by atoms with Gasteiger partial charge in [-0.25, -0.2) is 4.79 Å². The highest BCUT2D eigenvalue weighted by molar-refractivity contribution is 5.90. The minimum absolute atomic E-state index is 0.253. The lowest BCUT2D eigenvalue weighted by atomic mass is 9.69. The Morgan fingerprint density at radius 3 is 2.56 bits per heavy atom. The maximum Gasteiger partial charge on any atom is 0.513 e. The van der Waals surface area contributed by atoms with Crippen molar-refractivity contribution in [3.63, 3.8) is 0 Å². The van der Waals surface area contributed by atoms with Crippen LogP contribution in [0.4, 0.5) is 4.79 Å². The van der Waals surface area contributed by atoms with Gasteiger partial charge in [-0.05, 0) is 57.1 Å². The summed E-state index contributed by atoms with van der Waals surface area (Å²) in [4.78, 5) is 26.8. The third-order valence-electron chi connectivity index (χ3n) is 5.00. The summed E-state index contributed by atoms with van der Waals surface area (Å²) in [6, 6.07) is 7.35. The molecule has 0 bridgehead atoms. The number of benzene rings is 1. The summed E-state index contributed by atoms with van der Waals surface area (Å²) in [5.41, 5.74) is 0.457. The van der Waals surface area contributed by atoms with E-state index in [1.165, 1.54) is 0 Å². The van der Waals surface area contributed by atoms with Crippen LogP contribution in [0.2, 0.25) is 0 Å². The molecule has 25 heavy (non-hydrogen) atoms. The van der Waals surface area contributed by atoms with Crippen LogP contribution in [0.15, 0.2) is 24.3 Å². The average Bonchev–Trinajstić information content (AvgIpc) is 2.62. The smallest absolute Gasteiger partial charge is 0.434 e. The molecule has 0 amide bonds. The zero-order chi connectivity index (χ0) is 18.3. The summed E-state index contributed by atoms with van der Waals surface area (Å²) in [5.74, 6) is 0.685. The summed E-state index contributed by atoms with van der Waals surface area (Å²) in [5, 5.41) is 0. The molecule has 1 aromatic carbocycles. The van der Waals surface area contributed by atoms with E-state index < -0.39 is 11.6 Å². The molecular weight excluding hydrogens is 318 g/mol. The molecule has 0 saturated carbocycles. The molecule has 0 spiro atoms. The Kier molecular flexibility index (Phi) is 7.00. The number of ether oxygens (including phenoxy) is 2. The number of nitrogens with zero attached hydrogens (tertiary/aromatic N) is 1. The van der Waals surface area contributed by atoms with Crippen molar-refractivity contribution in [1.29, 1.82) is 0 Å². The lowest BCUT2D eigenvalue weighted by Gasteiger charge is -2.40. The van der Waals surface area contributed by atoms with E-state index in [1.54, 1.807) is 6.07 Å². The first kappa shape index (κ1) is 19.4. The van der Waals surface area contributed by atoms with Gasteiger partial charge in [-0.3, -0.25) is 4.79 Å². The highest BCUT2D eigenvalue weighted by Crippen LogP contribution is 2.38. The van der Waals surface area contributed by atoms with Crippen LogP contribution in [-0.4, -0.2) is 43.6 Å².